The predicted molar refractivity (Wildman–Crippen MR) is 54.1 cm³/mol. The fourth-order valence-electron chi connectivity index (χ4n) is 0.970. The lowest BCUT2D eigenvalue weighted by atomic mass is 10.3. The molecule has 0 radical (unpaired) electrons. The first-order valence-electron chi connectivity index (χ1n) is 4.14. The summed E-state index contributed by atoms with van der Waals surface area (Å²) in [5.74, 6) is -3.55. The van der Waals surface area contributed by atoms with Crippen LogP contribution in [0.5, 0.6) is 0 Å². The molecule has 0 aromatic heterocycles. The summed E-state index contributed by atoms with van der Waals surface area (Å²) in [5, 5.41) is 1.37. The Morgan fingerprint density at radius 2 is 1.83 bits per heavy atom. The van der Waals surface area contributed by atoms with E-state index in [9.17, 15) is 30.8 Å². The Balaban J connectivity index is 3.12. The summed E-state index contributed by atoms with van der Waals surface area (Å²) in [6, 6.07) is 1.83. The highest BCUT2D eigenvalue weighted by Gasteiger charge is 2.38. The molecule has 1 aromatic rings. The minimum Gasteiger partial charge on any atom is -0.318 e. The van der Waals surface area contributed by atoms with Gasteiger partial charge in [0.25, 0.3) is 9.05 Å². The van der Waals surface area contributed by atoms with Crippen molar-refractivity contribution < 1.29 is 30.8 Å². The van der Waals surface area contributed by atoms with Gasteiger partial charge in [-0.15, -0.1) is 0 Å². The SMILES string of the molecule is O=C(Nc1ccc(F)c(S(=O)(=O)Cl)c1)C(F)(F)F. The molecule has 10 heteroatoms. The maximum absolute atomic E-state index is 13.0. The largest absolute Gasteiger partial charge is 0.471 e. The van der Waals surface area contributed by atoms with Crippen LogP contribution in [0.2, 0.25) is 0 Å². The van der Waals surface area contributed by atoms with Gasteiger partial charge in [-0.1, -0.05) is 0 Å². The van der Waals surface area contributed by atoms with Crippen LogP contribution in [0, 0.1) is 5.82 Å². The average molecular weight is 306 g/mol. The first kappa shape index (κ1) is 14.7. The smallest absolute Gasteiger partial charge is 0.318 e. The van der Waals surface area contributed by atoms with Crippen molar-refractivity contribution in [3.05, 3.63) is 24.0 Å². The lowest BCUT2D eigenvalue weighted by molar-refractivity contribution is -0.167. The first-order valence-corrected chi connectivity index (χ1v) is 6.45. The second kappa shape index (κ2) is 4.73. The molecule has 0 unspecified atom stereocenters. The van der Waals surface area contributed by atoms with E-state index in [1.807, 2.05) is 0 Å². The van der Waals surface area contributed by atoms with Gasteiger partial charge in [0.2, 0.25) is 0 Å². The Kier molecular flexibility index (Phi) is 3.86. The summed E-state index contributed by atoms with van der Waals surface area (Å²) in [7, 11) is 0.397. The second-order valence-corrected chi connectivity index (χ2v) is 5.57. The minimum absolute atomic E-state index is 0.487. The molecular formula is C8H4ClF4NO3S. The molecule has 0 heterocycles. The van der Waals surface area contributed by atoms with Crippen LogP contribution >= 0.6 is 10.7 Å². The minimum atomic E-state index is -5.14. The first-order chi connectivity index (χ1) is 8.01. The van der Waals surface area contributed by atoms with Gasteiger partial charge in [0, 0.05) is 16.4 Å². The third-order valence-electron chi connectivity index (χ3n) is 1.71. The van der Waals surface area contributed by atoms with Gasteiger partial charge >= 0.3 is 12.1 Å². The van der Waals surface area contributed by atoms with Gasteiger partial charge in [-0.05, 0) is 18.2 Å². The summed E-state index contributed by atoms with van der Waals surface area (Å²) in [4.78, 5) is 9.54. The molecule has 0 aliphatic carbocycles. The number of benzene rings is 1. The lowest BCUT2D eigenvalue weighted by Crippen LogP contribution is -2.29. The van der Waals surface area contributed by atoms with Crippen LogP contribution in [0.1, 0.15) is 0 Å². The third kappa shape index (κ3) is 3.57. The van der Waals surface area contributed by atoms with Crippen molar-refractivity contribution in [3.8, 4) is 0 Å². The average Bonchev–Trinajstić information content (AvgIpc) is 2.17. The van der Waals surface area contributed by atoms with E-state index in [1.54, 1.807) is 0 Å². The van der Waals surface area contributed by atoms with Gasteiger partial charge in [-0.25, -0.2) is 12.8 Å². The number of nitrogens with one attached hydrogen (secondary N) is 1. The fourth-order valence-corrected chi connectivity index (χ4v) is 1.89. The summed E-state index contributed by atoms with van der Waals surface area (Å²) in [6.45, 7) is 0. The summed E-state index contributed by atoms with van der Waals surface area (Å²) < 4.78 is 70.6. The number of alkyl halides is 3. The van der Waals surface area contributed by atoms with Crippen molar-refractivity contribution in [2.75, 3.05) is 5.32 Å². The second-order valence-electron chi connectivity index (χ2n) is 3.03. The molecule has 0 bridgehead atoms. The molecule has 1 rings (SSSR count). The van der Waals surface area contributed by atoms with E-state index in [-0.39, 0.29) is 0 Å². The maximum atomic E-state index is 13.0. The highest BCUT2D eigenvalue weighted by molar-refractivity contribution is 8.13. The van der Waals surface area contributed by atoms with Gasteiger partial charge in [0.05, 0.1) is 0 Å². The van der Waals surface area contributed by atoms with Crippen LogP contribution in [-0.4, -0.2) is 20.5 Å². The molecule has 18 heavy (non-hydrogen) atoms. The molecule has 0 fully saturated rings. The predicted octanol–water partition coefficient (Wildman–Crippen LogP) is 2.25. The fraction of sp³-hybridized carbons (Fsp3) is 0.125. The molecule has 1 amide bonds. The van der Waals surface area contributed by atoms with E-state index in [1.165, 1.54) is 5.32 Å². The Hall–Kier alpha value is -1.35. The van der Waals surface area contributed by atoms with E-state index in [0.717, 1.165) is 6.07 Å². The number of amides is 1. The lowest BCUT2D eigenvalue weighted by Gasteiger charge is -2.08. The summed E-state index contributed by atoms with van der Waals surface area (Å²) >= 11 is 0. The molecule has 0 spiro atoms. The van der Waals surface area contributed by atoms with Gasteiger partial charge in [-0.2, -0.15) is 13.2 Å². The summed E-state index contributed by atoms with van der Waals surface area (Å²) in [5.41, 5.74) is -0.544. The molecule has 0 saturated heterocycles. The number of anilines is 1. The van der Waals surface area contributed by atoms with E-state index in [2.05, 4.69) is 0 Å². The quantitative estimate of drug-likeness (QED) is 0.673. The number of carbonyl (C=O) groups excluding carboxylic acids is 1. The van der Waals surface area contributed by atoms with Crippen LogP contribution in [0.3, 0.4) is 0 Å². The molecule has 1 aromatic carbocycles. The molecular weight excluding hydrogens is 302 g/mol. The van der Waals surface area contributed by atoms with Gasteiger partial charge in [-0.3, -0.25) is 4.79 Å². The van der Waals surface area contributed by atoms with Crippen molar-refractivity contribution >= 4 is 31.3 Å². The van der Waals surface area contributed by atoms with Gasteiger partial charge < -0.3 is 5.32 Å². The third-order valence-corrected chi connectivity index (χ3v) is 3.05. The zero-order valence-corrected chi connectivity index (χ0v) is 9.83. The van der Waals surface area contributed by atoms with Crippen molar-refractivity contribution in [1.29, 1.82) is 0 Å². The van der Waals surface area contributed by atoms with Crippen LogP contribution in [0.15, 0.2) is 23.1 Å². The molecule has 0 saturated carbocycles. The van der Waals surface area contributed by atoms with Crippen molar-refractivity contribution in [2.24, 2.45) is 0 Å². The molecule has 100 valence electrons. The zero-order chi connectivity index (χ0) is 14.1. The molecule has 0 aliphatic rings. The molecule has 0 aliphatic heterocycles. The molecule has 1 N–H and O–H groups in total. The number of hydrogen-bond donors (Lipinski definition) is 1. The number of carbonyl (C=O) groups is 1. The standard InChI is InChI=1S/C8H4ClF4NO3S/c9-18(16,17)6-3-4(1-2-5(6)10)14-7(15)8(11,12)13/h1-3H,(H,14,15). The van der Waals surface area contributed by atoms with Crippen molar-refractivity contribution in [1.82, 2.24) is 0 Å². The van der Waals surface area contributed by atoms with Crippen LogP contribution in [-0.2, 0) is 13.8 Å². The Morgan fingerprint density at radius 1 is 1.28 bits per heavy atom. The van der Waals surface area contributed by atoms with E-state index < -0.39 is 37.5 Å². The van der Waals surface area contributed by atoms with E-state index >= 15 is 0 Å². The highest BCUT2D eigenvalue weighted by Crippen LogP contribution is 2.24. The van der Waals surface area contributed by atoms with Crippen molar-refractivity contribution in [3.63, 3.8) is 0 Å². The number of halogens is 5. The zero-order valence-electron chi connectivity index (χ0n) is 8.25. The van der Waals surface area contributed by atoms with Crippen molar-refractivity contribution in [2.45, 2.75) is 11.1 Å². The Bertz CT molecular complexity index is 584. The van der Waals surface area contributed by atoms with Crippen LogP contribution in [0.4, 0.5) is 23.2 Å². The Morgan fingerprint density at radius 3 is 2.28 bits per heavy atom. The normalized spacial score (nSPS) is 12.3. The maximum Gasteiger partial charge on any atom is 0.471 e. The van der Waals surface area contributed by atoms with Crippen LogP contribution < -0.4 is 5.32 Å². The molecule has 0 atom stereocenters. The Labute approximate surface area is 103 Å². The van der Waals surface area contributed by atoms with Gasteiger partial charge in [0.1, 0.15) is 10.7 Å². The number of rotatable bonds is 2. The highest BCUT2D eigenvalue weighted by atomic mass is 35.7. The van der Waals surface area contributed by atoms with E-state index in [0.29, 0.717) is 12.1 Å². The monoisotopic (exact) mass is 305 g/mol. The van der Waals surface area contributed by atoms with Crippen LogP contribution in [0.25, 0.3) is 0 Å². The summed E-state index contributed by atoms with van der Waals surface area (Å²) in [6.07, 6.45) is -5.14. The topological polar surface area (TPSA) is 63.2 Å². The number of hydrogen-bond acceptors (Lipinski definition) is 3. The molecule has 4 nitrogen and oxygen atoms in total. The van der Waals surface area contributed by atoms with Gasteiger partial charge in [0.15, 0.2) is 0 Å². The van der Waals surface area contributed by atoms with E-state index in [4.69, 9.17) is 10.7 Å².